The van der Waals surface area contributed by atoms with Crippen molar-refractivity contribution >= 4 is 17.2 Å². The molecule has 0 saturated carbocycles. The highest BCUT2D eigenvalue weighted by molar-refractivity contribution is 5.57. The number of benzene rings is 1. The molecule has 1 aromatic carbocycles. The maximum atomic E-state index is 10.8. The first kappa shape index (κ1) is 17.5. The monoisotopic (exact) mass is 352 g/mol. The van der Waals surface area contributed by atoms with Crippen LogP contribution in [0.3, 0.4) is 0 Å². The number of unbranched alkanes of at least 4 members (excludes halogenated alkanes) is 1. The number of hydrogen-bond donors (Lipinski definition) is 1. The van der Waals surface area contributed by atoms with Crippen LogP contribution in [0, 0.1) is 17.0 Å². The lowest BCUT2D eigenvalue weighted by Crippen LogP contribution is -2.05. The molecular weight excluding hydrogens is 332 g/mol. The average molecular weight is 352 g/mol. The van der Waals surface area contributed by atoms with E-state index in [-0.39, 0.29) is 11.6 Å². The molecular formula is C18H20N6O2. The fourth-order valence-corrected chi connectivity index (χ4v) is 2.52. The predicted octanol–water partition coefficient (Wildman–Crippen LogP) is 3.97. The number of hydrogen-bond acceptors (Lipinski definition) is 6. The van der Waals surface area contributed by atoms with Gasteiger partial charge < -0.3 is 5.32 Å². The first-order valence-corrected chi connectivity index (χ1v) is 8.46. The Hall–Kier alpha value is -3.29. The Labute approximate surface area is 151 Å². The molecule has 0 atom stereocenters. The van der Waals surface area contributed by atoms with Crippen molar-refractivity contribution in [3.63, 3.8) is 0 Å². The number of aromatic nitrogens is 4. The van der Waals surface area contributed by atoms with Crippen LogP contribution in [-0.4, -0.2) is 24.7 Å². The highest BCUT2D eigenvalue weighted by Gasteiger charge is 2.12. The van der Waals surface area contributed by atoms with Gasteiger partial charge in [0.1, 0.15) is 18.2 Å². The van der Waals surface area contributed by atoms with Gasteiger partial charge in [0.15, 0.2) is 0 Å². The van der Waals surface area contributed by atoms with Crippen molar-refractivity contribution in [2.45, 2.75) is 33.1 Å². The van der Waals surface area contributed by atoms with E-state index < -0.39 is 4.92 Å². The summed E-state index contributed by atoms with van der Waals surface area (Å²) in [4.78, 5) is 19.0. The Balaban J connectivity index is 1.80. The zero-order valence-corrected chi connectivity index (χ0v) is 14.7. The standard InChI is InChI=1S/C18H20N6O2/c1-3-4-5-14-6-8-15(9-7-14)21-17-10-13(2)20-18(22-17)23-12-16(11-19-23)24(25)26/h6-12H,3-5H2,1-2H3,(H,20,21,22). The molecule has 0 saturated heterocycles. The van der Waals surface area contributed by atoms with Gasteiger partial charge >= 0.3 is 5.69 Å². The molecule has 0 fully saturated rings. The molecule has 0 aliphatic heterocycles. The number of anilines is 2. The predicted molar refractivity (Wildman–Crippen MR) is 98.9 cm³/mol. The minimum absolute atomic E-state index is 0.104. The smallest absolute Gasteiger partial charge is 0.307 e. The van der Waals surface area contributed by atoms with Crippen LogP contribution in [0.2, 0.25) is 0 Å². The highest BCUT2D eigenvalue weighted by Crippen LogP contribution is 2.19. The van der Waals surface area contributed by atoms with Gasteiger partial charge in [-0.15, -0.1) is 0 Å². The Bertz CT molecular complexity index is 904. The highest BCUT2D eigenvalue weighted by atomic mass is 16.6. The zero-order chi connectivity index (χ0) is 18.5. The lowest BCUT2D eigenvalue weighted by atomic mass is 10.1. The van der Waals surface area contributed by atoms with E-state index in [1.165, 1.54) is 35.5 Å². The van der Waals surface area contributed by atoms with Crippen molar-refractivity contribution in [1.29, 1.82) is 0 Å². The van der Waals surface area contributed by atoms with Crippen molar-refractivity contribution in [3.05, 3.63) is 64.1 Å². The molecule has 3 aromatic rings. The third-order valence-electron chi connectivity index (χ3n) is 3.87. The second kappa shape index (κ2) is 7.73. The Morgan fingerprint density at radius 3 is 2.65 bits per heavy atom. The van der Waals surface area contributed by atoms with Crippen molar-refractivity contribution in [1.82, 2.24) is 19.7 Å². The average Bonchev–Trinajstić information content (AvgIpc) is 3.11. The Morgan fingerprint density at radius 1 is 1.23 bits per heavy atom. The maximum Gasteiger partial charge on any atom is 0.307 e. The van der Waals surface area contributed by atoms with Crippen LogP contribution in [0.5, 0.6) is 0 Å². The van der Waals surface area contributed by atoms with E-state index in [2.05, 4.69) is 39.4 Å². The fraction of sp³-hybridized carbons (Fsp3) is 0.278. The van der Waals surface area contributed by atoms with Crippen LogP contribution in [0.25, 0.3) is 5.95 Å². The Kier molecular flexibility index (Phi) is 5.21. The van der Waals surface area contributed by atoms with Crippen molar-refractivity contribution < 1.29 is 4.92 Å². The first-order valence-electron chi connectivity index (χ1n) is 8.46. The largest absolute Gasteiger partial charge is 0.340 e. The Morgan fingerprint density at radius 2 is 2.00 bits per heavy atom. The summed E-state index contributed by atoms with van der Waals surface area (Å²) in [5.41, 5.74) is 2.85. The third-order valence-corrected chi connectivity index (χ3v) is 3.87. The number of nitro groups is 1. The van der Waals surface area contributed by atoms with E-state index in [4.69, 9.17) is 0 Å². The normalized spacial score (nSPS) is 10.7. The summed E-state index contributed by atoms with van der Waals surface area (Å²) in [6.07, 6.45) is 5.90. The first-order chi connectivity index (χ1) is 12.5. The molecule has 134 valence electrons. The molecule has 2 aromatic heterocycles. The van der Waals surface area contributed by atoms with Crippen LogP contribution in [-0.2, 0) is 6.42 Å². The molecule has 8 heteroatoms. The van der Waals surface area contributed by atoms with Gasteiger partial charge in [0.2, 0.25) is 0 Å². The number of aryl methyl sites for hydroxylation is 2. The van der Waals surface area contributed by atoms with E-state index in [9.17, 15) is 10.1 Å². The molecule has 0 spiro atoms. The van der Waals surface area contributed by atoms with Gasteiger partial charge in [-0.25, -0.2) is 4.98 Å². The third kappa shape index (κ3) is 4.21. The van der Waals surface area contributed by atoms with Gasteiger partial charge in [-0.05, 0) is 37.5 Å². The molecule has 0 radical (unpaired) electrons. The van der Waals surface area contributed by atoms with Crippen LogP contribution >= 0.6 is 0 Å². The van der Waals surface area contributed by atoms with Gasteiger partial charge in [0.05, 0.1) is 4.92 Å². The molecule has 26 heavy (non-hydrogen) atoms. The van der Waals surface area contributed by atoms with Crippen LogP contribution in [0.1, 0.15) is 31.0 Å². The summed E-state index contributed by atoms with van der Waals surface area (Å²) in [5, 5.41) is 18.0. The summed E-state index contributed by atoms with van der Waals surface area (Å²) in [6, 6.07) is 10.0. The lowest BCUT2D eigenvalue weighted by molar-refractivity contribution is -0.384. The minimum atomic E-state index is -0.501. The van der Waals surface area contributed by atoms with Crippen molar-refractivity contribution in [2.75, 3.05) is 5.32 Å². The minimum Gasteiger partial charge on any atom is -0.340 e. The maximum absolute atomic E-state index is 10.8. The number of rotatable bonds is 7. The van der Waals surface area contributed by atoms with Gasteiger partial charge in [0.25, 0.3) is 5.95 Å². The second-order valence-corrected chi connectivity index (χ2v) is 6.02. The van der Waals surface area contributed by atoms with E-state index in [1.807, 2.05) is 25.1 Å². The fourth-order valence-electron chi connectivity index (χ4n) is 2.52. The molecule has 0 bridgehead atoms. The molecule has 0 amide bonds. The SMILES string of the molecule is CCCCc1ccc(Nc2cc(C)nc(-n3cc([N+](=O)[O-])cn3)n2)cc1. The number of nitrogens with one attached hydrogen (secondary N) is 1. The molecule has 8 nitrogen and oxygen atoms in total. The lowest BCUT2D eigenvalue weighted by Gasteiger charge is -2.09. The van der Waals surface area contributed by atoms with E-state index in [1.54, 1.807) is 0 Å². The van der Waals surface area contributed by atoms with E-state index >= 15 is 0 Å². The van der Waals surface area contributed by atoms with Gasteiger partial charge in [-0.2, -0.15) is 14.8 Å². The summed E-state index contributed by atoms with van der Waals surface area (Å²) in [6.45, 7) is 4.02. The molecule has 0 aliphatic rings. The van der Waals surface area contributed by atoms with Gasteiger partial charge in [-0.3, -0.25) is 10.1 Å². The quantitative estimate of drug-likeness (QED) is 0.510. The van der Waals surface area contributed by atoms with E-state index in [0.29, 0.717) is 5.82 Å². The summed E-state index contributed by atoms with van der Waals surface area (Å²) >= 11 is 0. The summed E-state index contributed by atoms with van der Waals surface area (Å²) in [5.74, 6) is 0.882. The van der Waals surface area contributed by atoms with Crippen molar-refractivity contribution in [2.24, 2.45) is 0 Å². The van der Waals surface area contributed by atoms with Crippen LogP contribution in [0.4, 0.5) is 17.2 Å². The topological polar surface area (TPSA) is 98.8 Å². The zero-order valence-electron chi connectivity index (χ0n) is 14.7. The number of nitrogens with zero attached hydrogens (tertiary/aromatic N) is 5. The van der Waals surface area contributed by atoms with E-state index in [0.717, 1.165) is 17.8 Å². The molecule has 0 aliphatic carbocycles. The summed E-state index contributed by atoms with van der Waals surface area (Å²) < 4.78 is 1.30. The van der Waals surface area contributed by atoms with Crippen LogP contribution < -0.4 is 5.32 Å². The second-order valence-electron chi connectivity index (χ2n) is 6.02. The van der Waals surface area contributed by atoms with Gasteiger partial charge in [-0.1, -0.05) is 25.5 Å². The van der Waals surface area contributed by atoms with Crippen molar-refractivity contribution in [3.8, 4) is 5.95 Å². The molecule has 2 heterocycles. The molecule has 3 rings (SSSR count). The van der Waals surface area contributed by atoms with Crippen LogP contribution in [0.15, 0.2) is 42.7 Å². The molecule has 0 unspecified atom stereocenters. The van der Waals surface area contributed by atoms with Gasteiger partial charge in [0, 0.05) is 17.4 Å². The molecule has 1 N–H and O–H groups in total. The summed E-state index contributed by atoms with van der Waals surface area (Å²) in [7, 11) is 0.